The molecule has 0 bridgehead atoms. The first-order valence-electron chi connectivity index (χ1n) is 8.79. The molecule has 9 heteroatoms. The largest absolute Gasteiger partial charge is 0.495 e. The first kappa shape index (κ1) is 20.9. The highest BCUT2D eigenvalue weighted by atomic mass is 35.5. The molecule has 0 spiro atoms. The fraction of sp³-hybridized carbons (Fsp3) is 0.0952. The average molecular weight is 476 g/mol. The Morgan fingerprint density at radius 1 is 1.17 bits per heavy atom. The molecular formula is C21H15Cl2N3O2S2. The van der Waals surface area contributed by atoms with Crippen LogP contribution in [0.5, 0.6) is 5.75 Å². The molecule has 2 aromatic carbocycles. The van der Waals surface area contributed by atoms with Crippen molar-refractivity contribution in [2.75, 3.05) is 18.2 Å². The zero-order valence-corrected chi connectivity index (χ0v) is 18.8. The second-order valence-electron chi connectivity index (χ2n) is 6.20. The molecule has 0 aliphatic rings. The third-order valence-electron chi connectivity index (χ3n) is 4.27. The summed E-state index contributed by atoms with van der Waals surface area (Å²) in [6.07, 6.45) is 1.52. The van der Waals surface area contributed by atoms with Crippen molar-refractivity contribution >= 4 is 68.1 Å². The Hall–Kier alpha value is -2.32. The minimum absolute atomic E-state index is 0.156. The van der Waals surface area contributed by atoms with Gasteiger partial charge in [-0.2, -0.15) is 0 Å². The quantitative estimate of drug-likeness (QED) is 0.258. The van der Waals surface area contributed by atoms with E-state index >= 15 is 0 Å². The number of ether oxygens (including phenoxy) is 1. The lowest BCUT2D eigenvalue weighted by Crippen LogP contribution is -2.14. The molecule has 2 heterocycles. The van der Waals surface area contributed by atoms with Crippen LogP contribution in [-0.2, 0) is 4.79 Å². The molecule has 30 heavy (non-hydrogen) atoms. The van der Waals surface area contributed by atoms with Crippen LogP contribution in [-0.4, -0.2) is 28.7 Å². The van der Waals surface area contributed by atoms with Gasteiger partial charge in [-0.1, -0.05) is 47.1 Å². The molecule has 1 N–H and O–H groups in total. The number of halogens is 2. The van der Waals surface area contributed by atoms with Crippen LogP contribution < -0.4 is 10.1 Å². The van der Waals surface area contributed by atoms with Crippen LogP contribution in [0.1, 0.15) is 0 Å². The first-order valence-corrected chi connectivity index (χ1v) is 11.4. The maximum Gasteiger partial charge on any atom is 0.234 e. The zero-order valence-electron chi connectivity index (χ0n) is 15.7. The van der Waals surface area contributed by atoms with Crippen LogP contribution >= 0.6 is 46.3 Å². The topological polar surface area (TPSA) is 64.1 Å². The molecule has 0 unspecified atom stereocenters. The van der Waals surface area contributed by atoms with Crippen LogP contribution in [0, 0.1) is 0 Å². The van der Waals surface area contributed by atoms with Crippen molar-refractivity contribution in [2.24, 2.45) is 0 Å². The zero-order chi connectivity index (χ0) is 21.1. The smallest absolute Gasteiger partial charge is 0.234 e. The van der Waals surface area contributed by atoms with Crippen molar-refractivity contribution in [1.82, 2.24) is 9.97 Å². The maximum absolute atomic E-state index is 12.5. The number of methoxy groups -OCH3 is 1. The van der Waals surface area contributed by atoms with Gasteiger partial charge in [0.1, 0.15) is 21.9 Å². The number of fused-ring (bicyclic) bond motifs is 1. The number of carbonyl (C=O) groups excluding carboxylic acids is 1. The Morgan fingerprint density at radius 3 is 2.70 bits per heavy atom. The molecule has 4 aromatic rings. The molecule has 2 aromatic heterocycles. The molecule has 0 saturated heterocycles. The molecule has 0 saturated carbocycles. The Kier molecular flexibility index (Phi) is 6.43. The van der Waals surface area contributed by atoms with E-state index in [9.17, 15) is 4.79 Å². The standard InChI is InChI=1S/C21H15Cl2N3O2S2/c1-28-17-7-6-14(8-16(17)23)26-18(27)10-30-21-19-15(9-29-20(19)24-11-25-21)12-2-4-13(22)5-3-12/h2-9,11H,10H2,1H3,(H,26,27). The molecule has 0 radical (unpaired) electrons. The van der Waals surface area contributed by atoms with Crippen molar-refractivity contribution in [2.45, 2.75) is 5.03 Å². The number of aromatic nitrogens is 2. The van der Waals surface area contributed by atoms with Crippen LogP contribution in [0.2, 0.25) is 10.0 Å². The van der Waals surface area contributed by atoms with Crippen LogP contribution in [0.15, 0.2) is 59.2 Å². The number of nitrogens with one attached hydrogen (secondary N) is 1. The van der Waals surface area contributed by atoms with Crippen LogP contribution in [0.4, 0.5) is 5.69 Å². The summed E-state index contributed by atoms with van der Waals surface area (Å²) in [5, 5.41) is 7.71. The van der Waals surface area contributed by atoms with Crippen molar-refractivity contribution in [3.8, 4) is 16.9 Å². The Bertz CT molecular complexity index is 1210. The van der Waals surface area contributed by atoms with E-state index in [1.54, 1.807) is 36.6 Å². The highest BCUT2D eigenvalue weighted by Crippen LogP contribution is 2.38. The predicted octanol–water partition coefficient (Wildman–Crippen LogP) is 6.40. The second kappa shape index (κ2) is 9.22. The molecule has 4 rings (SSSR count). The highest BCUT2D eigenvalue weighted by molar-refractivity contribution is 8.00. The number of rotatable bonds is 6. The van der Waals surface area contributed by atoms with Crippen molar-refractivity contribution < 1.29 is 9.53 Å². The number of nitrogens with zero attached hydrogens (tertiary/aromatic N) is 2. The van der Waals surface area contributed by atoms with Gasteiger partial charge in [-0.3, -0.25) is 4.79 Å². The van der Waals surface area contributed by atoms with E-state index in [2.05, 4.69) is 15.3 Å². The molecular weight excluding hydrogens is 461 g/mol. The lowest BCUT2D eigenvalue weighted by Gasteiger charge is -2.08. The number of thioether (sulfide) groups is 1. The van der Waals surface area contributed by atoms with Gasteiger partial charge in [-0.15, -0.1) is 11.3 Å². The van der Waals surface area contributed by atoms with E-state index in [0.29, 0.717) is 21.5 Å². The van der Waals surface area contributed by atoms with E-state index < -0.39 is 0 Å². The summed E-state index contributed by atoms with van der Waals surface area (Å²) in [6.45, 7) is 0. The summed E-state index contributed by atoms with van der Waals surface area (Å²) in [4.78, 5) is 22.1. The predicted molar refractivity (Wildman–Crippen MR) is 125 cm³/mol. The van der Waals surface area contributed by atoms with Gasteiger partial charge in [-0.25, -0.2) is 9.97 Å². The molecule has 1 amide bonds. The van der Waals surface area contributed by atoms with Crippen LogP contribution in [0.25, 0.3) is 21.3 Å². The number of hydrogen-bond donors (Lipinski definition) is 1. The summed E-state index contributed by atoms with van der Waals surface area (Å²) in [5.74, 6) is 0.599. The number of anilines is 1. The third kappa shape index (κ3) is 4.54. The lowest BCUT2D eigenvalue weighted by atomic mass is 10.1. The number of benzene rings is 2. The van der Waals surface area contributed by atoms with Crippen molar-refractivity contribution in [3.63, 3.8) is 0 Å². The van der Waals surface area contributed by atoms with Gasteiger partial charge in [-0.05, 0) is 35.9 Å². The Balaban J connectivity index is 1.52. The minimum atomic E-state index is -0.156. The summed E-state index contributed by atoms with van der Waals surface area (Å²) in [7, 11) is 1.54. The number of thiophene rings is 1. The number of hydrogen-bond acceptors (Lipinski definition) is 6. The van der Waals surface area contributed by atoms with E-state index in [1.165, 1.54) is 18.1 Å². The number of amides is 1. The van der Waals surface area contributed by atoms with Gasteiger partial charge >= 0.3 is 0 Å². The van der Waals surface area contributed by atoms with E-state index in [0.717, 1.165) is 26.4 Å². The van der Waals surface area contributed by atoms with Gasteiger partial charge in [0.05, 0.1) is 23.3 Å². The molecule has 0 aliphatic heterocycles. The monoisotopic (exact) mass is 475 g/mol. The van der Waals surface area contributed by atoms with Gasteiger partial charge in [0.25, 0.3) is 0 Å². The SMILES string of the molecule is COc1ccc(NC(=O)CSc2ncnc3scc(-c4ccc(Cl)cc4)c23)cc1Cl. The number of carbonyl (C=O) groups is 1. The molecule has 5 nitrogen and oxygen atoms in total. The Labute approximate surface area is 191 Å². The minimum Gasteiger partial charge on any atom is -0.495 e. The van der Waals surface area contributed by atoms with Gasteiger partial charge in [0.15, 0.2) is 0 Å². The van der Waals surface area contributed by atoms with E-state index in [4.69, 9.17) is 27.9 Å². The summed E-state index contributed by atoms with van der Waals surface area (Å²) in [6, 6.07) is 12.7. The van der Waals surface area contributed by atoms with Crippen LogP contribution in [0.3, 0.4) is 0 Å². The summed E-state index contributed by atoms with van der Waals surface area (Å²) in [5.41, 5.74) is 2.66. The first-order chi connectivity index (χ1) is 14.5. The fourth-order valence-corrected chi connectivity index (χ4v) is 5.05. The molecule has 152 valence electrons. The molecule has 0 fully saturated rings. The third-order valence-corrected chi connectivity index (χ3v) is 6.69. The fourth-order valence-electron chi connectivity index (χ4n) is 2.87. The van der Waals surface area contributed by atoms with Gasteiger partial charge < -0.3 is 10.1 Å². The summed E-state index contributed by atoms with van der Waals surface area (Å²) >= 11 is 15.0. The van der Waals surface area contributed by atoms with E-state index in [-0.39, 0.29) is 11.7 Å². The molecule has 0 aliphatic carbocycles. The summed E-state index contributed by atoms with van der Waals surface area (Å²) < 4.78 is 5.13. The lowest BCUT2D eigenvalue weighted by molar-refractivity contribution is -0.113. The average Bonchev–Trinajstić information content (AvgIpc) is 3.18. The van der Waals surface area contributed by atoms with Crippen molar-refractivity contribution in [1.29, 1.82) is 0 Å². The second-order valence-corrected chi connectivity index (χ2v) is 8.87. The maximum atomic E-state index is 12.5. The van der Waals surface area contributed by atoms with Crippen molar-refractivity contribution in [3.05, 3.63) is 64.2 Å². The Morgan fingerprint density at radius 2 is 1.97 bits per heavy atom. The van der Waals surface area contributed by atoms with E-state index in [1.807, 2.05) is 29.6 Å². The molecule has 0 atom stereocenters. The normalized spacial score (nSPS) is 10.9. The highest BCUT2D eigenvalue weighted by Gasteiger charge is 2.15. The van der Waals surface area contributed by atoms with Gasteiger partial charge in [0.2, 0.25) is 5.91 Å². The van der Waals surface area contributed by atoms with Gasteiger partial charge in [0, 0.05) is 21.7 Å².